The summed E-state index contributed by atoms with van der Waals surface area (Å²) in [5.74, 6) is -2.00. The van der Waals surface area contributed by atoms with Crippen LogP contribution in [0.4, 0.5) is 10.1 Å². The number of esters is 1. The summed E-state index contributed by atoms with van der Waals surface area (Å²) in [7, 11) is 1.40. The average molecular weight is 473 g/mol. The van der Waals surface area contributed by atoms with Crippen LogP contribution in [-0.4, -0.2) is 24.9 Å². The van der Waals surface area contributed by atoms with Gasteiger partial charge in [0.05, 0.1) is 17.8 Å². The van der Waals surface area contributed by atoms with E-state index in [1.165, 1.54) is 48.8 Å². The second-order valence-electron chi connectivity index (χ2n) is 6.52. The lowest BCUT2D eigenvalue weighted by Crippen LogP contribution is -2.35. The highest BCUT2D eigenvalue weighted by atomic mass is 35.5. The van der Waals surface area contributed by atoms with Crippen LogP contribution in [0.1, 0.15) is 15.2 Å². The maximum Gasteiger partial charge on any atom is 0.353 e. The quantitative estimate of drug-likeness (QED) is 0.260. The number of carbonyl (C=O) groups is 3. The van der Waals surface area contributed by atoms with E-state index in [4.69, 9.17) is 21.1 Å². The second-order valence-corrected chi connectivity index (χ2v) is 7.87. The minimum Gasteiger partial charge on any atom is -0.493 e. The Kier molecular flexibility index (Phi) is 5.93. The lowest BCUT2D eigenvalue weighted by atomic mass is 10.1. The van der Waals surface area contributed by atoms with Crippen LogP contribution in [0.15, 0.2) is 59.5 Å². The van der Waals surface area contributed by atoms with Crippen molar-refractivity contribution < 1.29 is 28.2 Å². The van der Waals surface area contributed by atoms with Gasteiger partial charge in [-0.1, -0.05) is 23.7 Å². The molecule has 4 rings (SSSR count). The number of nitrogens with one attached hydrogen (secondary N) is 1. The van der Waals surface area contributed by atoms with Crippen LogP contribution < -0.4 is 19.9 Å². The van der Waals surface area contributed by atoms with Gasteiger partial charge in [-0.05, 0) is 53.4 Å². The molecule has 0 spiro atoms. The standard InChI is InChI=1S/C22H14ClFN2O5S/c1-30-18-10-12(4-7-17(18)31-22(29)19-3-2-8-32-19)9-14-20(27)25-26(21(14)28)13-5-6-16(24)15(23)11-13/h2-11H,1H3,(H,25,27)/b14-9-. The highest BCUT2D eigenvalue weighted by Crippen LogP contribution is 2.31. The molecule has 2 heterocycles. The van der Waals surface area contributed by atoms with Gasteiger partial charge in [-0.3, -0.25) is 15.0 Å². The van der Waals surface area contributed by atoms with Crippen molar-refractivity contribution in [3.63, 3.8) is 0 Å². The number of hydrogen-bond acceptors (Lipinski definition) is 6. The Hall–Kier alpha value is -3.69. The number of amides is 2. The van der Waals surface area contributed by atoms with Crippen molar-refractivity contribution in [3.8, 4) is 11.5 Å². The predicted molar refractivity (Wildman–Crippen MR) is 117 cm³/mol. The number of methoxy groups -OCH3 is 1. The Morgan fingerprint density at radius 2 is 1.97 bits per heavy atom. The first-order valence-corrected chi connectivity index (χ1v) is 10.4. The normalized spacial score (nSPS) is 14.6. The van der Waals surface area contributed by atoms with Crippen molar-refractivity contribution in [1.82, 2.24) is 5.43 Å². The number of hydrazine groups is 1. The summed E-state index contributed by atoms with van der Waals surface area (Å²) in [5, 5.41) is 2.56. The summed E-state index contributed by atoms with van der Waals surface area (Å²) in [5.41, 5.74) is 2.95. The number of ether oxygens (including phenoxy) is 2. The first-order chi connectivity index (χ1) is 15.4. The molecule has 1 aliphatic heterocycles. The molecule has 1 N–H and O–H groups in total. The molecule has 7 nitrogen and oxygen atoms in total. The van der Waals surface area contributed by atoms with Gasteiger partial charge in [-0.2, -0.15) is 0 Å². The molecule has 162 valence electrons. The van der Waals surface area contributed by atoms with Gasteiger partial charge in [-0.25, -0.2) is 14.2 Å². The maximum atomic E-state index is 13.4. The molecule has 3 aromatic rings. The van der Waals surface area contributed by atoms with Gasteiger partial charge < -0.3 is 9.47 Å². The molecule has 1 aliphatic rings. The molecule has 1 aromatic heterocycles. The van der Waals surface area contributed by atoms with Crippen molar-refractivity contribution in [2.45, 2.75) is 0 Å². The lowest BCUT2D eigenvalue weighted by molar-refractivity contribution is -0.117. The Morgan fingerprint density at radius 1 is 1.16 bits per heavy atom. The topological polar surface area (TPSA) is 84.9 Å². The third-order valence-corrected chi connectivity index (χ3v) is 5.62. The molecular formula is C22H14ClFN2O5S. The van der Waals surface area contributed by atoms with Crippen molar-refractivity contribution in [2.24, 2.45) is 0 Å². The largest absolute Gasteiger partial charge is 0.493 e. The van der Waals surface area contributed by atoms with Gasteiger partial charge in [0.15, 0.2) is 11.5 Å². The number of hydrogen-bond donors (Lipinski definition) is 1. The summed E-state index contributed by atoms with van der Waals surface area (Å²) in [6.07, 6.45) is 1.37. The highest BCUT2D eigenvalue weighted by Gasteiger charge is 2.34. The minimum atomic E-state index is -0.642. The second kappa shape index (κ2) is 8.81. The Bertz CT molecular complexity index is 1260. The molecule has 32 heavy (non-hydrogen) atoms. The summed E-state index contributed by atoms with van der Waals surface area (Å²) in [6, 6.07) is 11.6. The van der Waals surface area contributed by atoms with E-state index in [-0.39, 0.29) is 27.8 Å². The average Bonchev–Trinajstić information content (AvgIpc) is 3.41. The molecule has 0 bridgehead atoms. The minimum absolute atomic E-state index is 0.143. The number of benzene rings is 2. The highest BCUT2D eigenvalue weighted by molar-refractivity contribution is 7.12. The van der Waals surface area contributed by atoms with Gasteiger partial charge in [-0.15, -0.1) is 11.3 Å². The van der Waals surface area contributed by atoms with E-state index in [2.05, 4.69) is 5.43 Å². The molecule has 10 heteroatoms. The van der Waals surface area contributed by atoms with E-state index < -0.39 is 23.6 Å². The van der Waals surface area contributed by atoms with E-state index in [1.807, 2.05) is 0 Å². The summed E-state index contributed by atoms with van der Waals surface area (Å²) >= 11 is 7.02. The monoisotopic (exact) mass is 472 g/mol. The first-order valence-electron chi connectivity index (χ1n) is 9.13. The van der Waals surface area contributed by atoms with Crippen LogP contribution in [0.25, 0.3) is 6.08 Å². The molecule has 1 saturated heterocycles. The Morgan fingerprint density at radius 3 is 2.66 bits per heavy atom. The maximum absolute atomic E-state index is 13.4. The fourth-order valence-corrected chi connectivity index (χ4v) is 3.71. The van der Waals surface area contributed by atoms with Crippen molar-refractivity contribution in [1.29, 1.82) is 0 Å². The van der Waals surface area contributed by atoms with Crippen LogP contribution in [0.3, 0.4) is 0 Å². The first kappa shape index (κ1) is 21.5. The molecule has 0 aliphatic carbocycles. The summed E-state index contributed by atoms with van der Waals surface area (Å²) in [6.45, 7) is 0. The Labute approximate surface area is 190 Å². The van der Waals surface area contributed by atoms with E-state index in [9.17, 15) is 18.8 Å². The third kappa shape index (κ3) is 4.20. The Balaban J connectivity index is 1.58. The zero-order chi connectivity index (χ0) is 22.8. The number of carbonyl (C=O) groups excluding carboxylic acids is 3. The number of thiophene rings is 1. The fourth-order valence-electron chi connectivity index (χ4n) is 2.93. The van der Waals surface area contributed by atoms with Gasteiger partial charge >= 0.3 is 5.97 Å². The number of halogens is 2. The molecule has 0 saturated carbocycles. The van der Waals surface area contributed by atoms with Crippen molar-refractivity contribution in [3.05, 3.63) is 80.8 Å². The molecule has 2 aromatic carbocycles. The van der Waals surface area contributed by atoms with Crippen LogP contribution in [0, 0.1) is 5.82 Å². The van der Waals surface area contributed by atoms with Gasteiger partial charge in [0.2, 0.25) is 0 Å². The van der Waals surface area contributed by atoms with Crippen LogP contribution in [-0.2, 0) is 9.59 Å². The molecular weight excluding hydrogens is 459 g/mol. The van der Waals surface area contributed by atoms with Crippen LogP contribution >= 0.6 is 22.9 Å². The smallest absolute Gasteiger partial charge is 0.353 e. The van der Waals surface area contributed by atoms with Crippen molar-refractivity contribution in [2.75, 3.05) is 12.1 Å². The zero-order valence-corrected chi connectivity index (χ0v) is 18.0. The van der Waals surface area contributed by atoms with Crippen LogP contribution in [0.5, 0.6) is 11.5 Å². The molecule has 2 amide bonds. The summed E-state index contributed by atoms with van der Waals surface area (Å²) in [4.78, 5) is 37.8. The van der Waals surface area contributed by atoms with E-state index in [1.54, 1.807) is 23.6 Å². The van der Waals surface area contributed by atoms with E-state index in [0.29, 0.717) is 10.4 Å². The number of anilines is 1. The van der Waals surface area contributed by atoms with Gasteiger partial charge in [0, 0.05) is 0 Å². The molecule has 0 atom stereocenters. The van der Waals surface area contributed by atoms with Crippen molar-refractivity contribution >= 4 is 52.5 Å². The number of rotatable bonds is 5. The van der Waals surface area contributed by atoms with E-state index >= 15 is 0 Å². The molecule has 0 radical (unpaired) electrons. The predicted octanol–water partition coefficient (Wildman–Crippen LogP) is 4.23. The molecule has 1 fully saturated rings. The SMILES string of the molecule is COc1cc(/C=C2/C(=O)NN(c3ccc(F)c(Cl)c3)C2=O)ccc1OC(=O)c1cccs1. The van der Waals surface area contributed by atoms with Crippen LogP contribution in [0.2, 0.25) is 5.02 Å². The van der Waals surface area contributed by atoms with Gasteiger partial charge in [0.25, 0.3) is 11.8 Å². The lowest BCUT2D eigenvalue weighted by Gasteiger charge is -2.14. The van der Waals surface area contributed by atoms with E-state index in [0.717, 1.165) is 11.1 Å². The summed E-state index contributed by atoms with van der Waals surface area (Å²) < 4.78 is 24.1. The third-order valence-electron chi connectivity index (χ3n) is 4.48. The number of nitrogens with zero attached hydrogens (tertiary/aromatic N) is 1. The molecule has 0 unspecified atom stereocenters. The zero-order valence-electron chi connectivity index (χ0n) is 16.4. The fraction of sp³-hybridized carbons (Fsp3) is 0.0455. The van der Waals surface area contributed by atoms with Gasteiger partial charge in [0.1, 0.15) is 16.3 Å².